The average Bonchev–Trinajstić information content (AvgIpc) is 2.84. The van der Waals surface area contributed by atoms with E-state index in [1.807, 2.05) is 6.92 Å². The van der Waals surface area contributed by atoms with Crippen LogP contribution in [0.4, 0.5) is 11.4 Å². The number of hydrogen-bond donors (Lipinski definition) is 3. The molecule has 0 unspecified atom stereocenters. The molecule has 3 aliphatic rings. The quantitative estimate of drug-likeness (QED) is 0.529. The van der Waals surface area contributed by atoms with Gasteiger partial charge in [0, 0.05) is 11.6 Å². The van der Waals surface area contributed by atoms with Gasteiger partial charge in [-0.2, -0.15) is 0 Å². The molecule has 0 spiro atoms. The van der Waals surface area contributed by atoms with Crippen molar-refractivity contribution in [2.24, 2.45) is 17.3 Å². The molecule has 0 aromatic heterocycles. The van der Waals surface area contributed by atoms with Crippen LogP contribution in [0.3, 0.4) is 0 Å². The Bertz CT molecular complexity index is 841. The molecular weight excluding hydrogens is 356 g/mol. The third kappa shape index (κ3) is 2.37. The zero-order chi connectivity index (χ0) is 19.7. The van der Waals surface area contributed by atoms with E-state index in [1.54, 1.807) is 0 Å². The number of phenolic OH excluding ortho intramolecular Hbond substituents is 1. The first-order valence-corrected chi connectivity index (χ1v) is 9.20. The molecule has 0 aliphatic heterocycles. The van der Waals surface area contributed by atoms with Crippen LogP contribution in [0.1, 0.15) is 49.7 Å². The van der Waals surface area contributed by atoms with Gasteiger partial charge in [-0.1, -0.05) is 6.92 Å². The standard InChI is InChI=1S/C18H22N2O7/c1-18-5-4-8-9(12(18)7-14(21)17(18)23)2-3-10-11(8)6-13(19(24)25)16(22)15(10)20(26)27/h6,8-9,12,14,17,21-23H,2-5,7H2,1H3/t8-,9-,12-,14+,17-,18-/m0/s1. The molecule has 0 saturated heterocycles. The molecule has 9 heteroatoms. The monoisotopic (exact) mass is 378 g/mol. The average molecular weight is 378 g/mol. The summed E-state index contributed by atoms with van der Waals surface area (Å²) in [6.07, 6.45) is 1.13. The lowest BCUT2D eigenvalue weighted by molar-refractivity contribution is -0.396. The van der Waals surface area contributed by atoms with E-state index in [9.17, 15) is 35.5 Å². The molecule has 3 N–H and O–H groups in total. The number of aromatic hydroxyl groups is 1. The molecule has 6 atom stereocenters. The van der Waals surface area contributed by atoms with Crippen molar-refractivity contribution in [2.45, 2.75) is 57.2 Å². The Balaban J connectivity index is 1.83. The van der Waals surface area contributed by atoms with Gasteiger partial charge in [0.2, 0.25) is 0 Å². The summed E-state index contributed by atoms with van der Waals surface area (Å²) in [5, 5.41) is 53.6. The molecule has 0 amide bonds. The van der Waals surface area contributed by atoms with Gasteiger partial charge >= 0.3 is 11.4 Å². The minimum Gasteiger partial charge on any atom is -0.497 e. The van der Waals surface area contributed by atoms with E-state index < -0.39 is 44.6 Å². The molecule has 0 radical (unpaired) electrons. The largest absolute Gasteiger partial charge is 0.497 e. The molecule has 1 aromatic rings. The number of phenols is 1. The Hall–Kier alpha value is -2.26. The third-order valence-electron chi connectivity index (χ3n) is 7.31. The van der Waals surface area contributed by atoms with Crippen LogP contribution >= 0.6 is 0 Å². The van der Waals surface area contributed by atoms with E-state index >= 15 is 0 Å². The lowest BCUT2D eigenvalue weighted by Gasteiger charge is -2.49. The summed E-state index contributed by atoms with van der Waals surface area (Å²) < 4.78 is 0. The highest BCUT2D eigenvalue weighted by molar-refractivity contribution is 5.67. The van der Waals surface area contributed by atoms with Crippen LogP contribution in [-0.4, -0.2) is 37.4 Å². The van der Waals surface area contributed by atoms with Crippen molar-refractivity contribution in [3.63, 3.8) is 0 Å². The minimum absolute atomic E-state index is 0.0568. The summed E-state index contributed by atoms with van der Waals surface area (Å²) in [7, 11) is 0. The Morgan fingerprint density at radius 1 is 1.19 bits per heavy atom. The molecule has 2 fully saturated rings. The molecule has 4 rings (SSSR count). The van der Waals surface area contributed by atoms with E-state index in [2.05, 4.69) is 0 Å². The number of rotatable bonds is 2. The lowest BCUT2D eigenvalue weighted by Crippen LogP contribution is -2.44. The smallest absolute Gasteiger partial charge is 0.321 e. The first-order valence-electron chi connectivity index (χ1n) is 9.20. The Morgan fingerprint density at radius 2 is 1.89 bits per heavy atom. The van der Waals surface area contributed by atoms with Crippen LogP contribution in [0.25, 0.3) is 0 Å². The number of nitrogens with zero attached hydrogens (tertiary/aromatic N) is 2. The summed E-state index contributed by atoms with van der Waals surface area (Å²) >= 11 is 0. The van der Waals surface area contributed by atoms with Crippen molar-refractivity contribution in [2.75, 3.05) is 0 Å². The SMILES string of the molecule is C[C@]12CC[C@@H]3c4cc([N+](=O)[O-])c(O)c([N+](=O)[O-])c4CC[C@@H]3[C@@H]1C[C@@H](O)[C@@H]2O. The highest BCUT2D eigenvalue weighted by Gasteiger charge is 2.58. The van der Waals surface area contributed by atoms with E-state index in [-0.39, 0.29) is 17.8 Å². The summed E-state index contributed by atoms with van der Waals surface area (Å²) in [5.41, 5.74) is -0.654. The summed E-state index contributed by atoms with van der Waals surface area (Å²) in [4.78, 5) is 21.3. The molecule has 9 nitrogen and oxygen atoms in total. The molecule has 27 heavy (non-hydrogen) atoms. The van der Waals surface area contributed by atoms with Crippen LogP contribution in [0, 0.1) is 37.5 Å². The van der Waals surface area contributed by atoms with Gasteiger partial charge in [0.15, 0.2) is 0 Å². The van der Waals surface area contributed by atoms with E-state index in [4.69, 9.17) is 0 Å². The summed E-state index contributed by atoms with van der Waals surface area (Å²) in [6.45, 7) is 1.98. The normalized spacial score (nSPS) is 37.2. The maximum atomic E-state index is 11.5. The zero-order valence-corrected chi connectivity index (χ0v) is 14.9. The second-order valence-electron chi connectivity index (χ2n) is 8.38. The van der Waals surface area contributed by atoms with Crippen molar-refractivity contribution in [3.05, 3.63) is 37.4 Å². The van der Waals surface area contributed by atoms with Gasteiger partial charge in [-0.3, -0.25) is 20.2 Å². The fourth-order valence-corrected chi connectivity index (χ4v) is 6.01. The summed E-state index contributed by atoms with van der Waals surface area (Å²) in [6, 6.07) is 1.29. The van der Waals surface area contributed by atoms with Gasteiger partial charge < -0.3 is 15.3 Å². The molecule has 1 aromatic carbocycles. The highest BCUT2D eigenvalue weighted by Crippen LogP contribution is 2.62. The fourth-order valence-electron chi connectivity index (χ4n) is 6.01. The van der Waals surface area contributed by atoms with Gasteiger partial charge in [0.1, 0.15) is 0 Å². The van der Waals surface area contributed by atoms with E-state index in [0.29, 0.717) is 43.2 Å². The number of fused-ring (bicyclic) bond motifs is 5. The zero-order valence-electron chi connectivity index (χ0n) is 14.9. The summed E-state index contributed by atoms with van der Waals surface area (Å²) in [5.74, 6) is -0.843. The van der Waals surface area contributed by atoms with Crippen molar-refractivity contribution < 1.29 is 25.2 Å². The minimum atomic E-state index is -0.880. The number of aliphatic hydroxyl groups excluding tert-OH is 2. The van der Waals surface area contributed by atoms with Crippen molar-refractivity contribution >= 4 is 11.4 Å². The van der Waals surface area contributed by atoms with Crippen LogP contribution in [0.5, 0.6) is 5.75 Å². The molecule has 0 heterocycles. The predicted molar refractivity (Wildman–Crippen MR) is 93.4 cm³/mol. The Kier molecular flexibility index (Phi) is 3.94. The fraction of sp³-hybridized carbons (Fsp3) is 0.667. The van der Waals surface area contributed by atoms with Crippen molar-refractivity contribution in [1.82, 2.24) is 0 Å². The van der Waals surface area contributed by atoms with Gasteiger partial charge in [0.05, 0.1) is 22.1 Å². The van der Waals surface area contributed by atoms with E-state index in [1.165, 1.54) is 6.07 Å². The number of benzene rings is 1. The van der Waals surface area contributed by atoms with Crippen LogP contribution < -0.4 is 0 Å². The van der Waals surface area contributed by atoms with Crippen molar-refractivity contribution in [1.29, 1.82) is 0 Å². The number of nitro benzene ring substituents is 2. The van der Waals surface area contributed by atoms with Gasteiger partial charge in [0.25, 0.3) is 5.75 Å². The van der Waals surface area contributed by atoms with Gasteiger partial charge in [-0.15, -0.1) is 0 Å². The second-order valence-corrected chi connectivity index (χ2v) is 8.38. The predicted octanol–water partition coefficient (Wildman–Crippen LogP) is 2.40. The van der Waals surface area contributed by atoms with E-state index in [0.717, 1.165) is 0 Å². The third-order valence-corrected chi connectivity index (χ3v) is 7.31. The van der Waals surface area contributed by atoms with Crippen LogP contribution in [0.2, 0.25) is 0 Å². The molecule has 146 valence electrons. The Morgan fingerprint density at radius 3 is 2.52 bits per heavy atom. The number of nitro groups is 2. The maximum absolute atomic E-state index is 11.5. The number of hydrogen-bond acceptors (Lipinski definition) is 7. The topological polar surface area (TPSA) is 147 Å². The molecule has 0 bridgehead atoms. The Labute approximate surface area is 154 Å². The molecular formula is C18H22N2O7. The number of aliphatic hydroxyl groups is 2. The van der Waals surface area contributed by atoms with Gasteiger partial charge in [-0.25, -0.2) is 0 Å². The molecule has 3 aliphatic carbocycles. The first kappa shape index (κ1) is 18.1. The second kappa shape index (κ2) is 5.87. The molecule has 2 saturated carbocycles. The lowest BCUT2D eigenvalue weighted by atomic mass is 9.55. The van der Waals surface area contributed by atoms with Crippen LogP contribution in [-0.2, 0) is 6.42 Å². The van der Waals surface area contributed by atoms with Crippen molar-refractivity contribution in [3.8, 4) is 5.75 Å². The maximum Gasteiger partial charge on any atom is 0.321 e. The van der Waals surface area contributed by atoms with Gasteiger partial charge in [-0.05, 0) is 60.8 Å². The first-order chi connectivity index (χ1) is 12.7. The van der Waals surface area contributed by atoms with Crippen LogP contribution in [0.15, 0.2) is 6.07 Å². The highest BCUT2D eigenvalue weighted by atomic mass is 16.6.